The molecule has 3 amide bonds. The Kier molecular flexibility index (Phi) is 6.92. The molecule has 0 saturated carbocycles. The number of carbonyl (C=O) groups is 2. The maximum Gasteiger partial charge on any atom is 0.321 e. The van der Waals surface area contributed by atoms with Crippen molar-refractivity contribution in [2.45, 2.75) is 18.9 Å². The quantitative estimate of drug-likeness (QED) is 0.605. The standard InChI is InChI=1S/C25H29N5O3/c1-29-16-14-26-23(29)22(18-10-12-21(33-2)13-11-18)28-24(31)19-7-6-15-30(17-19)25(32)27-20-8-4-3-5-9-20/h3-5,8-14,16,19,22H,6-7,15,17H2,1-2H3,(H,27,32)(H,28,31)/t19-,22-/m1/s1. The van der Waals surface area contributed by atoms with E-state index in [9.17, 15) is 9.59 Å². The van der Waals surface area contributed by atoms with Crippen LogP contribution in [0, 0.1) is 5.92 Å². The number of aromatic nitrogens is 2. The summed E-state index contributed by atoms with van der Waals surface area (Å²) < 4.78 is 7.16. The van der Waals surface area contributed by atoms with Gasteiger partial charge in [0.1, 0.15) is 17.6 Å². The van der Waals surface area contributed by atoms with Gasteiger partial charge in [0, 0.05) is 38.2 Å². The van der Waals surface area contributed by atoms with E-state index in [2.05, 4.69) is 15.6 Å². The molecule has 2 aromatic carbocycles. The van der Waals surface area contributed by atoms with Crippen LogP contribution >= 0.6 is 0 Å². The third-order valence-corrected chi connectivity index (χ3v) is 5.96. The average molecular weight is 448 g/mol. The third-order valence-electron chi connectivity index (χ3n) is 5.96. The second-order valence-electron chi connectivity index (χ2n) is 8.19. The van der Waals surface area contributed by atoms with Crippen LogP contribution in [0.15, 0.2) is 67.0 Å². The van der Waals surface area contributed by atoms with Crippen molar-refractivity contribution < 1.29 is 14.3 Å². The molecule has 0 spiro atoms. The first-order valence-electron chi connectivity index (χ1n) is 11.1. The van der Waals surface area contributed by atoms with Gasteiger partial charge < -0.3 is 24.8 Å². The maximum absolute atomic E-state index is 13.3. The summed E-state index contributed by atoms with van der Waals surface area (Å²) in [6, 6.07) is 16.3. The molecular weight excluding hydrogens is 418 g/mol. The normalized spacial score (nSPS) is 16.7. The van der Waals surface area contributed by atoms with Crippen molar-refractivity contribution in [2.75, 3.05) is 25.5 Å². The number of carbonyl (C=O) groups excluding carboxylic acids is 2. The molecule has 0 unspecified atom stereocenters. The van der Waals surface area contributed by atoms with Crippen LogP contribution in [-0.2, 0) is 11.8 Å². The predicted octanol–water partition coefficient (Wildman–Crippen LogP) is 3.58. The molecule has 33 heavy (non-hydrogen) atoms. The summed E-state index contributed by atoms with van der Waals surface area (Å²) in [4.78, 5) is 32.2. The van der Waals surface area contributed by atoms with Crippen LogP contribution in [0.25, 0.3) is 0 Å². The summed E-state index contributed by atoms with van der Waals surface area (Å²) in [5.74, 6) is 1.11. The molecule has 1 aliphatic rings. The van der Waals surface area contributed by atoms with Crippen LogP contribution < -0.4 is 15.4 Å². The number of anilines is 1. The Morgan fingerprint density at radius 2 is 1.88 bits per heavy atom. The number of imidazole rings is 1. The molecule has 0 radical (unpaired) electrons. The van der Waals surface area contributed by atoms with Crippen molar-refractivity contribution in [3.05, 3.63) is 78.4 Å². The Bertz CT molecular complexity index is 1080. The van der Waals surface area contributed by atoms with Gasteiger partial charge in [0.25, 0.3) is 0 Å². The molecule has 1 aliphatic heterocycles. The van der Waals surface area contributed by atoms with Gasteiger partial charge in [-0.25, -0.2) is 9.78 Å². The lowest BCUT2D eigenvalue weighted by atomic mass is 9.96. The Balaban J connectivity index is 1.46. The average Bonchev–Trinajstić information content (AvgIpc) is 3.28. The Labute approximate surface area is 193 Å². The van der Waals surface area contributed by atoms with E-state index in [1.54, 1.807) is 18.2 Å². The van der Waals surface area contributed by atoms with Gasteiger partial charge in [-0.1, -0.05) is 30.3 Å². The molecular formula is C25H29N5O3. The topological polar surface area (TPSA) is 88.5 Å². The molecule has 8 heteroatoms. The van der Waals surface area contributed by atoms with Crippen molar-refractivity contribution in [3.63, 3.8) is 0 Å². The van der Waals surface area contributed by atoms with Gasteiger partial charge in [-0.15, -0.1) is 0 Å². The van der Waals surface area contributed by atoms with Crippen LogP contribution in [0.3, 0.4) is 0 Å². The minimum atomic E-state index is -0.406. The molecule has 1 aromatic heterocycles. The largest absolute Gasteiger partial charge is 0.497 e. The van der Waals surface area contributed by atoms with E-state index in [4.69, 9.17) is 4.74 Å². The summed E-state index contributed by atoms with van der Waals surface area (Å²) in [5.41, 5.74) is 1.65. The second kappa shape index (κ2) is 10.2. The Morgan fingerprint density at radius 3 is 2.55 bits per heavy atom. The number of benzene rings is 2. The van der Waals surface area contributed by atoms with Gasteiger partial charge >= 0.3 is 6.03 Å². The number of urea groups is 1. The van der Waals surface area contributed by atoms with Gasteiger partial charge in [0.2, 0.25) is 5.91 Å². The SMILES string of the molecule is COc1ccc([C@@H](NC(=O)[C@@H]2CCCN(C(=O)Nc3ccccc3)C2)c2nccn2C)cc1. The summed E-state index contributed by atoms with van der Waals surface area (Å²) in [5, 5.41) is 6.08. The first kappa shape index (κ1) is 22.4. The number of para-hydroxylation sites is 1. The number of likely N-dealkylation sites (tertiary alicyclic amines) is 1. The van der Waals surface area contributed by atoms with Crippen molar-refractivity contribution in [3.8, 4) is 5.75 Å². The summed E-state index contributed by atoms with van der Waals surface area (Å²) in [7, 11) is 3.52. The summed E-state index contributed by atoms with van der Waals surface area (Å²) in [6.45, 7) is 1.00. The summed E-state index contributed by atoms with van der Waals surface area (Å²) >= 11 is 0. The number of hydrogen-bond donors (Lipinski definition) is 2. The molecule has 0 bridgehead atoms. The fraction of sp³-hybridized carbons (Fsp3) is 0.320. The molecule has 0 aliphatic carbocycles. The highest BCUT2D eigenvalue weighted by atomic mass is 16.5. The van der Waals surface area contributed by atoms with E-state index >= 15 is 0 Å². The van der Waals surface area contributed by atoms with Gasteiger partial charge in [-0.2, -0.15) is 0 Å². The Hall–Kier alpha value is -3.81. The summed E-state index contributed by atoms with van der Waals surface area (Å²) in [6.07, 6.45) is 5.08. The number of nitrogens with zero attached hydrogens (tertiary/aromatic N) is 3. The number of ether oxygens (including phenoxy) is 1. The maximum atomic E-state index is 13.3. The Morgan fingerprint density at radius 1 is 1.12 bits per heavy atom. The van der Waals surface area contributed by atoms with E-state index in [1.165, 1.54) is 0 Å². The molecule has 8 nitrogen and oxygen atoms in total. The van der Waals surface area contributed by atoms with Crippen molar-refractivity contribution >= 4 is 17.6 Å². The highest BCUT2D eigenvalue weighted by Crippen LogP contribution is 2.25. The lowest BCUT2D eigenvalue weighted by Crippen LogP contribution is -2.47. The van der Waals surface area contributed by atoms with Crippen LogP contribution in [-0.4, -0.2) is 46.6 Å². The zero-order valence-corrected chi connectivity index (χ0v) is 18.9. The molecule has 2 atom stereocenters. The number of piperidine rings is 1. The minimum Gasteiger partial charge on any atom is -0.497 e. The molecule has 172 valence electrons. The monoisotopic (exact) mass is 447 g/mol. The van der Waals surface area contributed by atoms with Crippen LogP contribution in [0.4, 0.5) is 10.5 Å². The fourth-order valence-electron chi connectivity index (χ4n) is 4.11. The number of methoxy groups -OCH3 is 1. The molecule has 2 heterocycles. The molecule has 4 rings (SSSR count). The number of rotatable bonds is 6. The zero-order chi connectivity index (χ0) is 23.2. The third kappa shape index (κ3) is 5.34. The molecule has 1 saturated heterocycles. The van der Waals surface area contributed by atoms with Crippen LogP contribution in [0.2, 0.25) is 0 Å². The van der Waals surface area contributed by atoms with Gasteiger partial charge in [-0.05, 0) is 42.7 Å². The van der Waals surface area contributed by atoms with Crippen molar-refractivity contribution in [1.82, 2.24) is 19.8 Å². The number of hydrogen-bond acceptors (Lipinski definition) is 4. The highest BCUT2D eigenvalue weighted by Gasteiger charge is 2.31. The van der Waals surface area contributed by atoms with E-state index < -0.39 is 6.04 Å². The van der Waals surface area contributed by atoms with Gasteiger partial charge in [-0.3, -0.25) is 4.79 Å². The number of amides is 3. The van der Waals surface area contributed by atoms with Crippen molar-refractivity contribution in [2.24, 2.45) is 13.0 Å². The van der Waals surface area contributed by atoms with E-state index in [0.717, 1.165) is 35.7 Å². The van der Waals surface area contributed by atoms with Crippen molar-refractivity contribution in [1.29, 1.82) is 0 Å². The fourth-order valence-corrected chi connectivity index (χ4v) is 4.11. The zero-order valence-electron chi connectivity index (χ0n) is 18.9. The van der Waals surface area contributed by atoms with E-state index in [-0.39, 0.29) is 17.9 Å². The first-order valence-corrected chi connectivity index (χ1v) is 11.1. The number of nitrogens with one attached hydrogen (secondary N) is 2. The highest BCUT2D eigenvalue weighted by molar-refractivity contribution is 5.90. The molecule has 1 fully saturated rings. The number of aryl methyl sites for hydroxylation is 1. The van der Waals surface area contributed by atoms with Gasteiger partial charge in [0.05, 0.1) is 13.0 Å². The molecule has 2 N–H and O–H groups in total. The van der Waals surface area contributed by atoms with E-state index in [1.807, 2.05) is 72.4 Å². The van der Waals surface area contributed by atoms with Gasteiger partial charge in [0.15, 0.2) is 0 Å². The lowest BCUT2D eigenvalue weighted by Gasteiger charge is -2.33. The first-order chi connectivity index (χ1) is 16.0. The predicted molar refractivity (Wildman–Crippen MR) is 126 cm³/mol. The molecule has 3 aromatic rings. The smallest absolute Gasteiger partial charge is 0.321 e. The van der Waals surface area contributed by atoms with Crippen LogP contribution in [0.1, 0.15) is 30.3 Å². The lowest BCUT2D eigenvalue weighted by molar-refractivity contribution is -0.126. The minimum absolute atomic E-state index is 0.0870. The van der Waals surface area contributed by atoms with E-state index in [0.29, 0.717) is 13.1 Å². The van der Waals surface area contributed by atoms with Crippen LogP contribution in [0.5, 0.6) is 5.75 Å². The second-order valence-corrected chi connectivity index (χ2v) is 8.19.